The van der Waals surface area contributed by atoms with Crippen molar-refractivity contribution >= 4 is 11.9 Å². The lowest BCUT2D eigenvalue weighted by Gasteiger charge is -2.18. The minimum absolute atomic E-state index is 0.164. The number of halogens is 2. The van der Waals surface area contributed by atoms with Gasteiger partial charge in [-0.15, -0.1) is 0 Å². The minimum atomic E-state index is -0.647. The van der Waals surface area contributed by atoms with Crippen molar-refractivity contribution in [2.75, 3.05) is 13.2 Å². The Labute approximate surface area is 114 Å². The summed E-state index contributed by atoms with van der Waals surface area (Å²) in [5, 5.41) is 0. The van der Waals surface area contributed by atoms with E-state index in [2.05, 4.69) is 4.99 Å². The van der Waals surface area contributed by atoms with E-state index in [-0.39, 0.29) is 5.56 Å². The van der Waals surface area contributed by atoms with Gasteiger partial charge in [0, 0.05) is 12.3 Å². The Morgan fingerprint density at radius 2 is 1.65 bits per heavy atom. The Balaban J connectivity index is 1.89. The summed E-state index contributed by atoms with van der Waals surface area (Å²) in [6.45, 7) is 0.984. The first kappa shape index (κ1) is 12.6. The topological polar surface area (TPSA) is 30.8 Å². The molecule has 102 valence electrons. The fourth-order valence-electron chi connectivity index (χ4n) is 1.89. The van der Waals surface area contributed by atoms with Crippen molar-refractivity contribution < 1.29 is 18.3 Å². The summed E-state index contributed by atoms with van der Waals surface area (Å²) in [5.41, 5.74) is 0.374. The number of hydrogen-bond acceptors (Lipinski definition) is 3. The van der Waals surface area contributed by atoms with Gasteiger partial charge in [0.05, 0.1) is 11.3 Å². The lowest BCUT2D eigenvalue weighted by atomic mass is 10.2. The van der Waals surface area contributed by atoms with Crippen LogP contribution < -0.4 is 9.47 Å². The smallest absolute Gasteiger partial charge is 0.163 e. The maximum atomic E-state index is 13.5. The van der Waals surface area contributed by atoms with Gasteiger partial charge in [-0.1, -0.05) is 6.07 Å². The van der Waals surface area contributed by atoms with Crippen molar-refractivity contribution in [3.63, 3.8) is 0 Å². The Morgan fingerprint density at radius 3 is 2.40 bits per heavy atom. The Hall–Kier alpha value is -2.43. The molecule has 2 aromatic rings. The molecule has 0 bridgehead atoms. The first-order valence-electron chi connectivity index (χ1n) is 6.12. The number of hydrogen-bond donors (Lipinski definition) is 0. The molecule has 20 heavy (non-hydrogen) atoms. The van der Waals surface area contributed by atoms with Gasteiger partial charge in [-0.3, -0.25) is 4.99 Å². The van der Waals surface area contributed by atoms with Crippen molar-refractivity contribution in [3.8, 4) is 11.5 Å². The van der Waals surface area contributed by atoms with Crippen LogP contribution in [0.25, 0.3) is 0 Å². The lowest BCUT2D eigenvalue weighted by molar-refractivity contribution is 0.171. The van der Waals surface area contributed by atoms with E-state index in [1.54, 1.807) is 18.2 Å². The zero-order valence-corrected chi connectivity index (χ0v) is 10.5. The summed E-state index contributed by atoms with van der Waals surface area (Å²) in [5.74, 6) is -0.0650. The van der Waals surface area contributed by atoms with Crippen LogP contribution >= 0.6 is 0 Å². The third-order valence-electron chi connectivity index (χ3n) is 2.87. The highest BCUT2D eigenvalue weighted by Gasteiger charge is 2.11. The molecular formula is C15H11F2NO2. The first-order valence-corrected chi connectivity index (χ1v) is 6.12. The number of fused-ring (bicyclic) bond motifs is 1. The number of rotatable bonds is 2. The van der Waals surface area contributed by atoms with Crippen LogP contribution in [0.5, 0.6) is 11.5 Å². The molecule has 2 aromatic carbocycles. The maximum Gasteiger partial charge on any atom is 0.163 e. The normalized spacial score (nSPS) is 13.7. The minimum Gasteiger partial charge on any atom is -0.486 e. The molecule has 0 unspecified atom stereocenters. The molecule has 0 atom stereocenters. The Bertz CT molecular complexity index is 651. The highest BCUT2D eigenvalue weighted by atomic mass is 19.1. The van der Waals surface area contributed by atoms with E-state index < -0.39 is 11.6 Å². The number of ether oxygens (including phenoxy) is 2. The molecule has 0 aliphatic carbocycles. The van der Waals surface area contributed by atoms with E-state index in [1.807, 2.05) is 0 Å². The van der Waals surface area contributed by atoms with Crippen LogP contribution in [-0.2, 0) is 0 Å². The average Bonchev–Trinajstić information content (AvgIpc) is 2.46. The second kappa shape index (κ2) is 5.28. The van der Waals surface area contributed by atoms with Gasteiger partial charge in [0.15, 0.2) is 11.5 Å². The fraction of sp³-hybridized carbons (Fsp3) is 0.133. The zero-order chi connectivity index (χ0) is 13.9. The van der Waals surface area contributed by atoms with Crippen LogP contribution in [0.15, 0.2) is 41.4 Å². The largest absolute Gasteiger partial charge is 0.486 e. The van der Waals surface area contributed by atoms with Crippen molar-refractivity contribution in [1.29, 1.82) is 0 Å². The monoisotopic (exact) mass is 275 g/mol. The molecule has 0 fully saturated rings. The molecule has 0 saturated carbocycles. The third-order valence-corrected chi connectivity index (χ3v) is 2.87. The van der Waals surface area contributed by atoms with Crippen LogP contribution in [0, 0.1) is 11.6 Å². The molecule has 1 heterocycles. The highest BCUT2D eigenvalue weighted by Crippen LogP contribution is 2.33. The maximum absolute atomic E-state index is 13.5. The van der Waals surface area contributed by atoms with E-state index in [4.69, 9.17) is 9.47 Å². The summed E-state index contributed by atoms with van der Waals surface area (Å²) in [4.78, 5) is 4.07. The van der Waals surface area contributed by atoms with Crippen molar-refractivity contribution in [2.24, 2.45) is 4.99 Å². The van der Waals surface area contributed by atoms with Crippen molar-refractivity contribution in [2.45, 2.75) is 0 Å². The molecule has 0 radical (unpaired) electrons. The van der Waals surface area contributed by atoms with Crippen LogP contribution in [0.4, 0.5) is 14.5 Å². The molecule has 0 amide bonds. The molecule has 1 aliphatic heterocycles. The molecule has 1 aliphatic rings. The number of aliphatic imine (C=N–C) groups is 1. The molecule has 3 rings (SSSR count). The molecule has 0 aromatic heterocycles. The number of nitrogens with zero attached hydrogens (tertiary/aromatic N) is 1. The fourth-order valence-corrected chi connectivity index (χ4v) is 1.89. The van der Waals surface area contributed by atoms with Gasteiger partial charge in [-0.05, 0) is 24.3 Å². The van der Waals surface area contributed by atoms with E-state index in [0.29, 0.717) is 30.4 Å². The third kappa shape index (κ3) is 2.47. The predicted molar refractivity (Wildman–Crippen MR) is 71.0 cm³/mol. The molecule has 0 N–H and O–H groups in total. The van der Waals surface area contributed by atoms with Gasteiger partial charge in [0.2, 0.25) is 0 Å². The Morgan fingerprint density at radius 1 is 0.950 bits per heavy atom. The van der Waals surface area contributed by atoms with Gasteiger partial charge in [-0.2, -0.15) is 0 Å². The van der Waals surface area contributed by atoms with E-state index in [9.17, 15) is 8.78 Å². The quantitative estimate of drug-likeness (QED) is 0.785. The summed E-state index contributed by atoms with van der Waals surface area (Å²) in [6, 6.07) is 8.78. The first-order chi connectivity index (χ1) is 9.74. The van der Waals surface area contributed by atoms with Gasteiger partial charge in [0.25, 0.3) is 0 Å². The van der Waals surface area contributed by atoms with Crippen LogP contribution in [0.3, 0.4) is 0 Å². The van der Waals surface area contributed by atoms with Gasteiger partial charge in [-0.25, -0.2) is 8.78 Å². The van der Waals surface area contributed by atoms with E-state index >= 15 is 0 Å². The van der Waals surface area contributed by atoms with Gasteiger partial charge >= 0.3 is 0 Å². The van der Waals surface area contributed by atoms with Gasteiger partial charge < -0.3 is 9.47 Å². The van der Waals surface area contributed by atoms with Crippen LogP contribution in [0.2, 0.25) is 0 Å². The van der Waals surface area contributed by atoms with E-state index in [1.165, 1.54) is 18.2 Å². The van der Waals surface area contributed by atoms with Crippen molar-refractivity contribution in [1.82, 2.24) is 0 Å². The molecular weight excluding hydrogens is 264 g/mol. The molecule has 0 saturated heterocycles. The van der Waals surface area contributed by atoms with E-state index in [0.717, 1.165) is 6.21 Å². The second-order valence-corrected chi connectivity index (χ2v) is 4.22. The predicted octanol–water partition coefficient (Wildman–Crippen LogP) is 3.49. The second-order valence-electron chi connectivity index (χ2n) is 4.22. The average molecular weight is 275 g/mol. The van der Waals surface area contributed by atoms with Crippen LogP contribution in [0.1, 0.15) is 5.56 Å². The molecule has 5 heteroatoms. The molecule has 3 nitrogen and oxygen atoms in total. The van der Waals surface area contributed by atoms with Crippen molar-refractivity contribution in [3.05, 3.63) is 53.6 Å². The molecule has 0 spiro atoms. The zero-order valence-electron chi connectivity index (χ0n) is 10.5. The standard InChI is InChI=1S/C15H11F2NO2/c16-12-2-1-3-13(17)11(12)9-18-10-4-5-14-15(8-10)20-7-6-19-14/h1-5,8-9H,6-7H2. The summed E-state index contributed by atoms with van der Waals surface area (Å²) in [6.07, 6.45) is 1.16. The lowest BCUT2D eigenvalue weighted by Crippen LogP contribution is -2.14. The summed E-state index contributed by atoms with van der Waals surface area (Å²) >= 11 is 0. The van der Waals surface area contributed by atoms with Crippen LogP contribution in [-0.4, -0.2) is 19.4 Å². The summed E-state index contributed by atoms with van der Waals surface area (Å²) < 4.78 is 37.7. The number of benzene rings is 2. The highest BCUT2D eigenvalue weighted by molar-refractivity contribution is 5.82. The SMILES string of the molecule is Fc1cccc(F)c1C=Nc1ccc2c(c1)OCCO2. The van der Waals surface area contributed by atoms with Gasteiger partial charge in [0.1, 0.15) is 24.8 Å². The Kier molecular flexibility index (Phi) is 3.33. The summed E-state index contributed by atoms with van der Waals surface area (Å²) in [7, 11) is 0.